The molecule has 4 aliphatic rings. The minimum Gasteiger partial charge on any atom is -0.314 e. The number of rotatable bonds is 4. The van der Waals surface area contributed by atoms with Crippen LogP contribution in [0.1, 0.15) is 45.1 Å². The Kier molecular flexibility index (Phi) is 10.6. The molecular weight excluding hydrogens is 753 g/mol. The Hall–Kier alpha value is -3.95. The lowest BCUT2D eigenvalue weighted by molar-refractivity contribution is 0.124. The van der Waals surface area contributed by atoms with Crippen LogP contribution in [0.25, 0.3) is 0 Å². The second-order valence-corrected chi connectivity index (χ2v) is 14.7. The highest BCUT2D eigenvalue weighted by atomic mass is 127. The molecule has 4 fully saturated rings. The number of hydrogen-bond acceptors (Lipinski definition) is 6. The minimum absolute atomic E-state index is 0.238. The molecule has 3 N–H and O–H groups in total. The lowest BCUT2D eigenvalue weighted by Crippen LogP contribution is -2.59. The predicted molar refractivity (Wildman–Crippen MR) is 202 cm³/mol. The molecule has 264 valence electrons. The number of likely N-dealkylation sites (tertiary alicyclic amines) is 1. The van der Waals surface area contributed by atoms with Gasteiger partial charge in [-0.15, -0.1) is 0 Å². The van der Waals surface area contributed by atoms with Gasteiger partial charge in [0.2, 0.25) is 0 Å². The summed E-state index contributed by atoms with van der Waals surface area (Å²) < 4.78 is 28.7. The Morgan fingerprint density at radius 2 is 1.36 bits per heavy atom. The highest BCUT2D eigenvalue weighted by molar-refractivity contribution is 14.1. The van der Waals surface area contributed by atoms with Crippen LogP contribution in [0.2, 0.25) is 0 Å². The molecule has 3 aromatic rings. The number of benzene rings is 3. The van der Waals surface area contributed by atoms with Crippen molar-refractivity contribution < 1.29 is 18.4 Å². The summed E-state index contributed by atoms with van der Waals surface area (Å²) >= 11 is 2.33. The maximum absolute atomic E-state index is 13.9. The monoisotopic (exact) mass is 796 g/mol. The van der Waals surface area contributed by atoms with Gasteiger partial charge in [0.1, 0.15) is 34.4 Å². The summed E-state index contributed by atoms with van der Waals surface area (Å²) in [6.45, 7) is 6.76. The standard InChI is InChI=1S/C22H24FIN4O.C15H19FN4O/c1-15-13-22(9-10-27(15)14-16-5-3-7-18(24)11-16)20(25-2)26-21(29)28(22)19-8-4-6-17(23)12-19;1-10-9-15(6-7-18-10)13(17-2)19-14(21)20(15)12-5-3-4-11(16)8-12/h3-8,11-12,15H,9-10,13-14H2,1-2H3,(H,25,26,29);3-5,8,10,18H,6-7,9H2,1-2H3,(H,17,19,21)/t15-,22+;10-,15+/m00/s1. The van der Waals surface area contributed by atoms with Gasteiger partial charge in [0, 0.05) is 54.2 Å². The summed E-state index contributed by atoms with van der Waals surface area (Å²) in [5, 5.41) is 9.14. The van der Waals surface area contributed by atoms with Crippen LogP contribution in [-0.4, -0.2) is 79.0 Å². The average Bonchev–Trinajstić information content (AvgIpc) is 3.50. The van der Waals surface area contributed by atoms with Crippen molar-refractivity contribution in [1.82, 2.24) is 20.9 Å². The molecular formula is C37H43F2IN8O2. The number of amides is 4. The van der Waals surface area contributed by atoms with E-state index in [2.05, 4.69) is 91.5 Å². The van der Waals surface area contributed by atoms with E-state index in [9.17, 15) is 18.4 Å². The summed E-state index contributed by atoms with van der Waals surface area (Å²) in [7, 11) is 3.38. The molecule has 4 amide bonds. The Labute approximate surface area is 305 Å². The molecule has 4 atom stereocenters. The molecule has 0 aromatic heterocycles. The number of halogens is 3. The van der Waals surface area contributed by atoms with Crippen molar-refractivity contribution in [3.63, 3.8) is 0 Å². The Bertz CT molecular complexity index is 1820. The van der Waals surface area contributed by atoms with Gasteiger partial charge in [0.25, 0.3) is 0 Å². The molecule has 50 heavy (non-hydrogen) atoms. The zero-order valence-electron chi connectivity index (χ0n) is 28.7. The van der Waals surface area contributed by atoms with E-state index in [0.29, 0.717) is 23.0 Å². The van der Waals surface area contributed by atoms with Crippen LogP contribution in [0.3, 0.4) is 0 Å². The van der Waals surface area contributed by atoms with Crippen molar-refractivity contribution in [2.45, 2.75) is 69.2 Å². The van der Waals surface area contributed by atoms with Crippen LogP contribution in [-0.2, 0) is 6.54 Å². The van der Waals surface area contributed by atoms with E-state index in [0.717, 1.165) is 45.3 Å². The summed E-state index contributed by atoms with van der Waals surface area (Å²) in [6, 6.07) is 20.9. The second kappa shape index (κ2) is 14.7. The van der Waals surface area contributed by atoms with Gasteiger partial charge in [-0.25, -0.2) is 18.4 Å². The van der Waals surface area contributed by atoms with E-state index in [-0.39, 0.29) is 35.8 Å². The molecule has 7 rings (SSSR count). The highest BCUT2D eigenvalue weighted by Crippen LogP contribution is 2.41. The van der Waals surface area contributed by atoms with Crippen molar-refractivity contribution >= 4 is 57.7 Å². The van der Waals surface area contributed by atoms with E-state index in [4.69, 9.17) is 0 Å². The Balaban J connectivity index is 0.000000182. The van der Waals surface area contributed by atoms with Gasteiger partial charge in [0.05, 0.1) is 0 Å². The molecule has 4 saturated heterocycles. The molecule has 0 bridgehead atoms. The molecule has 4 aliphatic heterocycles. The molecule has 0 radical (unpaired) electrons. The van der Waals surface area contributed by atoms with Crippen LogP contribution >= 0.6 is 22.6 Å². The number of carbonyl (C=O) groups excluding carboxylic acids is 2. The topological polar surface area (TPSA) is 105 Å². The molecule has 0 unspecified atom stereocenters. The molecule has 2 spiro atoms. The van der Waals surface area contributed by atoms with Crippen LogP contribution in [0.5, 0.6) is 0 Å². The molecule has 3 aromatic carbocycles. The maximum Gasteiger partial charge on any atom is 0.328 e. The zero-order valence-corrected chi connectivity index (χ0v) is 30.9. The van der Waals surface area contributed by atoms with E-state index >= 15 is 0 Å². The fourth-order valence-electron chi connectivity index (χ4n) is 8.05. The van der Waals surface area contributed by atoms with Crippen molar-refractivity contribution in [1.29, 1.82) is 0 Å². The lowest BCUT2D eigenvalue weighted by Gasteiger charge is -2.47. The average molecular weight is 797 g/mol. The van der Waals surface area contributed by atoms with Crippen molar-refractivity contribution in [2.75, 3.05) is 37.0 Å². The van der Waals surface area contributed by atoms with E-state index in [1.54, 1.807) is 48.2 Å². The third-order valence-corrected chi connectivity index (χ3v) is 10.9. The number of nitrogens with zero attached hydrogens (tertiary/aromatic N) is 5. The number of urea groups is 2. The third kappa shape index (κ3) is 6.87. The summed E-state index contributed by atoms with van der Waals surface area (Å²) in [4.78, 5) is 39.7. The van der Waals surface area contributed by atoms with Gasteiger partial charge < -0.3 is 5.32 Å². The first-order valence-electron chi connectivity index (χ1n) is 16.9. The van der Waals surface area contributed by atoms with E-state index in [1.165, 1.54) is 33.4 Å². The molecule has 0 saturated carbocycles. The van der Waals surface area contributed by atoms with Crippen LogP contribution in [0.4, 0.5) is 29.7 Å². The minimum atomic E-state index is -0.569. The number of hydrogen-bond donors (Lipinski definition) is 3. The van der Waals surface area contributed by atoms with Crippen LogP contribution in [0.15, 0.2) is 82.8 Å². The van der Waals surface area contributed by atoms with Gasteiger partial charge in [-0.3, -0.25) is 35.3 Å². The normalized spacial score (nSPS) is 28.3. The van der Waals surface area contributed by atoms with Crippen molar-refractivity contribution in [3.8, 4) is 0 Å². The first-order chi connectivity index (χ1) is 24.0. The number of carbonyl (C=O) groups is 2. The lowest BCUT2D eigenvalue weighted by atomic mass is 9.81. The highest BCUT2D eigenvalue weighted by Gasteiger charge is 2.55. The smallest absolute Gasteiger partial charge is 0.314 e. The van der Waals surface area contributed by atoms with Crippen molar-refractivity contribution in [2.24, 2.45) is 9.98 Å². The number of amidine groups is 2. The summed E-state index contributed by atoms with van der Waals surface area (Å²) in [5.74, 6) is 0.647. The predicted octanol–water partition coefficient (Wildman–Crippen LogP) is 6.31. The maximum atomic E-state index is 13.9. The summed E-state index contributed by atoms with van der Waals surface area (Å²) in [5.41, 5.74) is 1.34. The van der Waals surface area contributed by atoms with E-state index < -0.39 is 11.1 Å². The van der Waals surface area contributed by atoms with Gasteiger partial charge in [-0.05, 0) is 123 Å². The first-order valence-corrected chi connectivity index (χ1v) is 18.0. The quantitative estimate of drug-likeness (QED) is 0.270. The third-order valence-electron chi connectivity index (χ3n) is 10.2. The Morgan fingerprint density at radius 3 is 1.86 bits per heavy atom. The van der Waals surface area contributed by atoms with Crippen LogP contribution < -0.4 is 25.8 Å². The molecule has 13 heteroatoms. The van der Waals surface area contributed by atoms with Gasteiger partial charge in [-0.2, -0.15) is 0 Å². The zero-order chi connectivity index (χ0) is 35.6. The van der Waals surface area contributed by atoms with Gasteiger partial charge in [-0.1, -0.05) is 24.3 Å². The number of aliphatic imine (C=N–C) groups is 2. The second-order valence-electron chi connectivity index (χ2n) is 13.4. The van der Waals surface area contributed by atoms with Crippen molar-refractivity contribution in [3.05, 3.63) is 93.6 Å². The fourth-order valence-corrected chi connectivity index (χ4v) is 8.66. The summed E-state index contributed by atoms with van der Waals surface area (Å²) in [6.07, 6.45) is 2.97. The van der Waals surface area contributed by atoms with Gasteiger partial charge >= 0.3 is 12.1 Å². The number of anilines is 2. The first kappa shape index (κ1) is 35.9. The molecule has 0 aliphatic carbocycles. The molecule has 4 heterocycles. The van der Waals surface area contributed by atoms with Crippen LogP contribution in [0, 0.1) is 15.2 Å². The van der Waals surface area contributed by atoms with Gasteiger partial charge in [0.15, 0.2) is 0 Å². The number of piperidine rings is 2. The largest absolute Gasteiger partial charge is 0.328 e. The molecule has 10 nitrogen and oxygen atoms in total. The number of nitrogens with one attached hydrogen (secondary N) is 3. The fraction of sp³-hybridized carbons (Fsp3) is 0.405. The Morgan fingerprint density at radius 1 is 0.800 bits per heavy atom. The SMILES string of the molecule is CN=C1NC(=O)N(c2cccc(F)c2)[C@@]12CCN(Cc1cccc(I)c1)[C@@H](C)C2.CN=C1NC(=O)N(c2cccc(F)c2)[C@@]12CCN[C@@H](C)C2. The van der Waals surface area contributed by atoms with E-state index in [1.807, 2.05) is 0 Å².